The Morgan fingerprint density at radius 1 is 0.926 bits per heavy atom. The third-order valence-electron chi connectivity index (χ3n) is 5.47. The summed E-state index contributed by atoms with van der Waals surface area (Å²) in [6.07, 6.45) is 5.81. The molecule has 2 saturated heterocycles. The quantitative estimate of drug-likeness (QED) is 0.829. The van der Waals surface area contributed by atoms with Gasteiger partial charge in [-0.25, -0.2) is 15.0 Å². The van der Waals surface area contributed by atoms with Crippen molar-refractivity contribution in [3.05, 3.63) is 42.4 Å². The predicted molar refractivity (Wildman–Crippen MR) is 105 cm³/mol. The Kier molecular flexibility index (Phi) is 5.18. The van der Waals surface area contributed by atoms with E-state index in [0.717, 1.165) is 50.8 Å². The van der Waals surface area contributed by atoms with E-state index in [2.05, 4.69) is 31.7 Å². The second-order valence-corrected chi connectivity index (χ2v) is 7.38. The monoisotopic (exact) mass is 366 g/mol. The first kappa shape index (κ1) is 17.7. The van der Waals surface area contributed by atoms with Crippen LogP contribution in [0.3, 0.4) is 0 Å². The van der Waals surface area contributed by atoms with Crippen LogP contribution in [-0.2, 0) is 0 Å². The van der Waals surface area contributed by atoms with Crippen LogP contribution < -0.4 is 9.80 Å². The van der Waals surface area contributed by atoms with Crippen LogP contribution in [0.25, 0.3) is 0 Å². The van der Waals surface area contributed by atoms with Gasteiger partial charge in [0, 0.05) is 51.7 Å². The number of nitrogens with zero attached hydrogens (tertiary/aromatic N) is 6. The highest BCUT2D eigenvalue weighted by Crippen LogP contribution is 2.20. The Labute approximate surface area is 160 Å². The van der Waals surface area contributed by atoms with Crippen molar-refractivity contribution in [2.45, 2.75) is 19.8 Å². The third kappa shape index (κ3) is 4.02. The van der Waals surface area contributed by atoms with E-state index >= 15 is 0 Å². The molecule has 4 heterocycles. The highest BCUT2D eigenvalue weighted by atomic mass is 16.2. The van der Waals surface area contributed by atoms with Gasteiger partial charge in [0.15, 0.2) is 0 Å². The minimum Gasteiger partial charge on any atom is -0.353 e. The van der Waals surface area contributed by atoms with Crippen molar-refractivity contribution in [1.82, 2.24) is 19.9 Å². The Hall–Kier alpha value is -2.70. The number of carbonyl (C=O) groups excluding carboxylic acids is 1. The maximum absolute atomic E-state index is 12.9. The van der Waals surface area contributed by atoms with E-state index in [9.17, 15) is 4.79 Å². The molecule has 2 aromatic rings. The molecule has 142 valence electrons. The predicted octanol–water partition coefficient (Wildman–Crippen LogP) is 2.07. The number of aromatic nitrogens is 3. The van der Waals surface area contributed by atoms with Crippen molar-refractivity contribution < 1.29 is 4.79 Å². The molecule has 27 heavy (non-hydrogen) atoms. The van der Waals surface area contributed by atoms with Crippen molar-refractivity contribution in [2.75, 3.05) is 49.1 Å². The van der Waals surface area contributed by atoms with Gasteiger partial charge in [0.25, 0.3) is 5.91 Å². The number of rotatable bonds is 3. The second-order valence-electron chi connectivity index (χ2n) is 7.38. The summed E-state index contributed by atoms with van der Waals surface area (Å²) in [5.41, 5.74) is 0.491. The molecule has 0 aromatic carbocycles. The van der Waals surface area contributed by atoms with E-state index in [1.54, 1.807) is 18.5 Å². The largest absolute Gasteiger partial charge is 0.353 e. The molecule has 7 nitrogen and oxygen atoms in total. The molecule has 0 unspecified atom stereocenters. The maximum atomic E-state index is 12.9. The summed E-state index contributed by atoms with van der Waals surface area (Å²) in [7, 11) is 0. The zero-order chi connectivity index (χ0) is 18.6. The van der Waals surface area contributed by atoms with Crippen LogP contribution in [0.2, 0.25) is 0 Å². The van der Waals surface area contributed by atoms with Crippen LogP contribution in [0.4, 0.5) is 11.8 Å². The molecule has 0 aliphatic carbocycles. The van der Waals surface area contributed by atoms with E-state index in [-0.39, 0.29) is 5.91 Å². The number of hydrogen-bond acceptors (Lipinski definition) is 6. The lowest BCUT2D eigenvalue weighted by Gasteiger charge is -2.35. The number of hydrogen-bond donors (Lipinski definition) is 0. The van der Waals surface area contributed by atoms with Gasteiger partial charge in [-0.2, -0.15) is 0 Å². The van der Waals surface area contributed by atoms with Crippen molar-refractivity contribution in [3.8, 4) is 0 Å². The van der Waals surface area contributed by atoms with Gasteiger partial charge in [0.1, 0.15) is 11.5 Å². The van der Waals surface area contributed by atoms with Gasteiger partial charge < -0.3 is 14.7 Å². The van der Waals surface area contributed by atoms with E-state index in [1.807, 2.05) is 23.1 Å². The fourth-order valence-electron chi connectivity index (χ4n) is 3.67. The minimum absolute atomic E-state index is 0.00954. The summed E-state index contributed by atoms with van der Waals surface area (Å²) >= 11 is 0. The average molecular weight is 366 g/mol. The summed E-state index contributed by atoms with van der Waals surface area (Å²) < 4.78 is 0. The smallest absolute Gasteiger partial charge is 0.272 e. The van der Waals surface area contributed by atoms with E-state index < -0.39 is 0 Å². The first-order valence-corrected chi connectivity index (χ1v) is 9.74. The molecule has 2 aliphatic heterocycles. The molecule has 4 rings (SSSR count). The van der Waals surface area contributed by atoms with Crippen LogP contribution in [0, 0.1) is 5.92 Å². The summed E-state index contributed by atoms with van der Waals surface area (Å²) in [4.78, 5) is 32.6. The molecule has 0 bridgehead atoms. The molecule has 1 amide bonds. The van der Waals surface area contributed by atoms with Crippen LogP contribution in [0.15, 0.2) is 36.7 Å². The number of pyridine rings is 1. The van der Waals surface area contributed by atoms with Gasteiger partial charge >= 0.3 is 0 Å². The van der Waals surface area contributed by atoms with Crippen molar-refractivity contribution in [2.24, 2.45) is 5.92 Å². The first-order chi connectivity index (χ1) is 13.2. The number of anilines is 2. The summed E-state index contributed by atoms with van der Waals surface area (Å²) in [6.45, 7) is 7.12. The Balaban J connectivity index is 1.39. The molecular weight excluding hydrogens is 340 g/mol. The Bertz CT molecular complexity index is 767. The van der Waals surface area contributed by atoms with Gasteiger partial charge in [0.05, 0.1) is 0 Å². The number of carbonyl (C=O) groups is 1. The summed E-state index contributed by atoms with van der Waals surface area (Å²) in [5, 5.41) is 0. The zero-order valence-electron chi connectivity index (χ0n) is 15.8. The second kappa shape index (κ2) is 7.90. The average Bonchev–Trinajstić information content (AvgIpc) is 2.75. The molecule has 0 saturated carbocycles. The number of amides is 1. The van der Waals surface area contributed by atoms with Gasteiger partial charge in [-0.15, -0.1) is 0 Å². The lowest BCUT2D eigenvalue weighted by molar-refractivity contribution is 0.0740. The molecule has 0 radical (unpaired) electrons. The highest BCUT2D eigenvalue weighted by molar-refractivity contribution is 5.92. The van der Waals surface area contributed by atoms with Crippen molar-refractivity contribution in [1.29, 1.82) is 0 Å². The molecule has 2 fully saturated rings. The number of piperazine rings is 1. The van der Waals surface area contributed by atoms with Gasteiger partial charge in [-0.1, -0.05) is 13.0 Å². The van der Waals surface area contributed by atoms with Gasteiger partial charge in [-0.05, 0) is 37.0 Å². The molecule has 7 heteroatoms. The van der Waals surface area contributed by atoms with Crippen molar-refractivity contribution in [3.63, 3.8) is 0 Å². The SMILES string of the molecule is CC1CCN(c2nccc(C(=O)N3CCN(c4ccccn4)CC3)n2)CC1. The molecule has 0 spiro atoms. The van der Waals surface area contributed by atoms with E-state index in [4.69, 9.17) is 0 Å². The molecule has 0 atom stereocenters. The van der Waals surface area contributed by atoms with E-state index in [1.165, 1.54) is 0 Å². The lowest BCUT2D eigenvalue weighted by Crippen LogP contribution is -2.49. The Morgan fingerprint density at radius 3 is 2.41 bits per heavy atom. The zero-order valence-corrected chi connectivity index (χ0v) is 15.8. The Morgan fingerprint density at radius 2 is 1.70 bits per heavy atom. The summed E-state index contributed by atoms with van der Waals surface area (Å²) in [5.74, 6) is 2.39. The highest BCUT2D eigenvalue weighted by Gasteiger charge is 2.25. The molecule has 2 aliphatic rings. The fourth-order valence-corrected chi connectivity index (χ4v) is 3.67. The number of piperidine rings is 1. The fraction of sp³-hybridized carbons (Fsp3) is 0.500. The molecule has 2 aromatic heterocycles. The topological polar surface area (TPSA) is 65.5 Å². The van der Waals surface area contributed by atoms with Crippen LogP contribution >= 0.6 is 0 Å². The standard InChI is InChI=1S/C20H26N6O/c1-16-6-10-26(11-7-16)20-22-9-5-17(23-20)19(27)25-14-12-24(13-15-25)18-4-2-3-8-21-18/h2-5,8-9,16H,6-7,10-15H2,1H3. The normalized spacial score (nSPS) is 18.6. The van der Waals surface area contributed by atoms with Crippen LogP contribution in [0.1, 0.15) is 30.3 Å². The molecule has 0 N–H and O–H groups in total. The van der Waals surface area contributed by atoms with Gasteiger partial charge in [-0.3, -0.25) is 4.79 Å². The molecular formula is C20H26N6O. The van der Waals surface area contributed by atoms with Crippen molar-refractivity contribution >= 4 is 17.7 Å². The van der Waals surface area contributed by atoms with Crippen LogP contribution in [0.5, 0.6) is 0 Å². The first-order valence-electron chi connectivity index (χ1n) is 9.74. The minimum atomic E-state index is -0.00954. The van der Waals surface area contributed by atoms with E-state index in [0.29, 0.717) is 24.7 Å². The maximum Gasteiger partial charge on any atom is 0.272 e. The third-order valence-corrected chi connectivity index (χ3v) is 5.47. The lowest BCUT2D eigenvalue weighted by atomic mass is 10.00. The van der Waals surface area contributed by atoms with Crippen LogP contribution in [-0.4, -0.2) is 65.0 Å². The van der Waals surface area contributed by atoms with Gasteiger partial charge in [0.2, 0.25) is 5.95 Å². The summed E-state index contributed by atoms with van der Waals surface area (Å²) in [6, 6.07) is 7.64.